The molecule has 0 aliphatic rings. The van der Waals surface area contributed by atoms with Crippen LogP contribution in [0.4, 0.5) is 0 Å². The number of benzene rings is 1. The number of rotatable bonds is 8. The van der Waals surface area contributed by atoms with Gasteiger partial charge in [-0.1, -0.05) is 29.5 Å². The van der Waals surface area contributed by atoms with Crippen molar-refractivity contribution >= 4 is 17.7 Å². The summed E-state index contributed by atoms with van der Waals surface area (Å²) in [7, 11) is 0. The quantitative estimate of drug-likeness (QED) is 0.552. The van der Waals surface area contributed by atoms with Crippen molar-refractivity contribution in [1.29, 1.82) is 5.26 Å². The van der Waals surface area contributed by atoms with Gasteiger partial charge in [0.15, 0.2) is 0 Å². The largest absolute Gasteiger partial charge is 0.467 e. The molecule has 0 saturated carbocycles. The Balaban J connectivity index is 1.66. The highest BCUT2D eigenvalue weighted by atomic mass is 32.2. The highest BCUT2D eigenvalue weighted by molar-refractivity contribution is 7.99. The van der Waals surface area contributed by atoms with Gasteiger partial charge in [-0.3, -0.25) is 4.79 Å². The first kappa shape index (κ1) is 18.7. The zero-order chi connectivity index (χ0) is 19.1. The molecule has 0 fully saturated rings. The number of aryl methyl sites for hydroxylation is 1. The lowest BCUT2D eigenvalue weighted by Crippen LogP contribution is -2.32. The molecule has 0 bridgehead atoms. The van der Waals surface area contributed by atoms with E-state index in [1.165, 1.54) is 11.8 Å². The van der Waals surface area contributed by atoms with Gasteiger partial charge in [-0.2, -0.15) is 9.94 Å². The number of hydrogen-bond acceptors (Lipinski definition) is 7. The third-order valence-corrected chi connectivity index (χ3v) is 4.72. The van der Waals surface area contributed by atoms with E-state index in [4.69, 9.17) is 9.68 Å². The molecule has 2 heterocycles. The van der Waals surface area contributed by atoms with Gasteiger partial charge in [-0.15, -0.1) is 5.10 Å². The topological polar surface area (TPSA) is 101 Å². The molecule has 0 N–H and O–H groups in total. The summed E-state index contributed by atoms with van der Waals surface area (Å²) in [4.78, 5) is 14.2. The van der Waals surface area contributed by atoms with E-state index in [-0.39, 0.29) is 18.1 Å². The number of amides is 1. The lowest BCUT2D eigenvalue weighted by molar-refractivity contribution is -0.129. The first-order chi connectivity index (χ1) is 13.2. The second-order valence-corrected chi connectivity index (χ2v) is 6.74. The number of carbonyl (C=O) groups excluding carboxylic acids is 1. The smallest absolute Gasteiger partial charge is 0.233 e. The van der Waals surface area contributed by atoms with Crippen LogP contribution in [0.15, 0.2) is 52.2 Å². The van der Waals surface area contributed by atoms with Crippen molar-refractivity contribution in [2.45, 2.75) is 25.0 Å². The molecule has 0 saturated heterocycles. The molecule has 0 aliphatic heterocycles. The summed E-state index contributed by atoms with van der Waals surface area (Å²) in [5, 5.41) is 21.1. The van der Waals surface area contributed by atoms with Gasteiger partial charge in [0.1, 0.15) is 5.76 Å². The number of aromatic nitrogens is 4. The van der Waals surface area contributed by atoms with E-state index in [1.807, 2.05) is 31.2 Å². The second kappa shape index (κ2) is 9.00. The zero-order valence-electron chi connectivity index (χ0n) is 14.8. The van der Waals surface area contributed by atoms with Crippen LogP contribution in [0.3, 0.4) is 0 Å². The minimum atomic E-state index is -0.106. The van der Waals surface area contributed by atoms with Crippen molar-refractivity contribution in [3.8, 4) is 11.8 Å². The van der Waals surface area contributed by atoms with Crippen LogP contribution in [0.5, 0.6) is 0 Å². The monoisotopic (exact) mass is 382 g/mol. The SMILES string of the molecule is Cc1ccc(-n2nnnc2SCC(=O)N(CCC#N)Cc2ccco2)cc1. The third-order valence-electron chi connectivity index (χ3n) is 3.82. The minimum Gasteiger partial charge on any atom is -0.467 e. The second-order valence-electron chi connectivity index (χ2n) is 5.80. The van der Waals surface area contributed by atoms with E-state index in [0.717, 1.165) is 11.3 Å². The number of furan rings is 1. The summed E-state index contributed by atoms with van der Waals surface area (Å²) in [5.74, 6) is 0.735. The normalized spacial score (nSPS) is 10.5. The summed E-state index contributed by atoms with van der Waals surface area (Å²) in [5.41, 5.74) is 1.97. The van der Waals surface area contributed by atoms with Gasteiger partial charge in [-0.05, 0) is 41.6 Å². The van der Waals surface area contributed by atoms with Crippen molar-refractivity contribution in [2.24, 2.45) is 0 Å². The summed E-state index contributed by atoms with van der Waals surface area (Å²) < 4.78 is 6.91. The number of thioether (sulfide) groups is 1. The molecule has 0 unspecified atom stereocenters. The van der Waals surface area contributed by atoms with E-state index in [2.05, 4.69) is 21.6 Å². The van der Waals surface area contributed by atoms with E-state index in [0.29, 0.717) is 24.0 Å². The van der Waals surface area contributed by atoms with Crippen LogP contribution in [0, 0.1) is 18.3 Å². The van der Waals surface area contributed by atoms with Crippen LogP contribution < -0.4 is 0 Å². The molecule has 2 aromatic heterocycles. The molecule has 138 valence electrons. The van der Waals surface area contributed by atoms with Gasteiger partial charge in [0.05, 0.1) is 36.7 Å². The van der Waals surface area contributed by atoms with Gasteiger partial charge in [0.2, 0.25) is 11.1 Å². The fraction of sp³-hybridized carbons (Fsp3) is 0.278. The first-order valence-corrected chi connectivity index (χ1v) is 9.31. The fourth-order valence-corrected chi connectivity index (χ4v) is 3.20. The summed E-state index contributed by atoms with van der Waals surface area (Å²) in [6.07, 6.45) is 1.82. The van der Waals surface area contributed by atoms with Crippen LogP contribution >= 0.6 is 11.8 Å². The molecule has 1 amide bonds. The molecule has 1 aromatic carbocycles. The number of nitriles is 1. The predicted octanol–water partition coefficient (Wildman–Crippen LogP) is 2.60. The van der Waals surface area contributed by atoms with Crippen LogP contribution in [0.25, 0.3) is 5.69 Å². The van der Waals surface area contributed by atoms with Gasteiger partial charge >= 0.3 is 0 Å². The molecular weight excluding hydrogens is 364 g/mol. The lowest BCUT2D eigenvalue weighted by Gasteiger charge is -2.20. The maximum Gasteiger partial charge on any atom is 0.233 e. The Morgan fingerprint density at radius 1 is 1.33 bits per heavy atom. The van der Waals surface area contributed by atoms with E-state index in [1.54, 1.807) is 28.0 Å². The Morgan fingerprint density at radius 2 is 2.15 bits per heavy atom. The summed E-state index contributed by atoms with van der Waals surface area (Å²) in [6, 6.07) is 13.4. The lowest BCUT2D eigenvalue weighted by atomic mass is 10.2. The molecule has 8 nitrogen and oxygen atoms in total. The van der Waals surface area contributed by atoms with E-state index < -0.39 is 0 Å². The van der Waals surface area contributed by atoms with Crippen LogP contribution in [-0.4, -0.2) is 43.3 Å². The van der Waals surface area contributed by atoms with Crippen molar-refractivity contribution < 1.29 is 9.21 Å². The molecule has 9 heteroatoms. The average molecular weight is 382 g/mol. The third kappa shape index (κ3) is 4.95. The Hall–Kier alpha value is -3.12. The highest BCUT2D eigenvalue weighted by Gasteiger charge is 2.18. The van der Waals surface area contributed by atoms with Gasteiger partial charge < -0.3 is 9.32 Å². The Morgan fingerprint density at radius 3 is 2.85 bits per heavy atom. The highest BCUT2D eigenvalue weighted by Crippen LogP contribution is 2.19. The van der Waals surface area contributed by atoms with Crippen molar-refractivity contribution in [2.75, 3.05) is 12.3 Å². The molecule has 0 aliphatic carbocycles. The number of carbonyl (C=O) groups is 1. The van der Waals surface area contributed by atoms with Crippen LogP contribution in [-0.2, 0) is 11.3 Å². The van der Waals surface area contributed by atoms with Crippen molar-refractivity contribution in [3.05, 3.63) is 54.0 Å². The molecular formula is C18H18N6O2S. The van der Waals surface area contributed by atoms with Crippen LogP contribution in [0.2, 0.25) is 0 Å². The molecule has 3 aromatic rings. The number of nitrogens with zero attached hydrogens (tertiary/aromatic N) is 6. The number of tetrazole rings is 1. The average Bonchev–Trinajstić information content (AvgIpc) is 3.35. The standard InChI is InChI=1S/C18H18N6O2S/c1-14-5-7-15(8-6-14)24-18(20-21-22-24)27-13-17(25)23(10-3-9-19)12-16-4-2-11-26-16/h2,4-8,11H,3,10,12-13H2,1H3. The molecule has 3 rings (SSSR count). The molecule has 0 atom stereocenters. The summed E-state index contributed by atoms with van der Waals surface area (Å²) in [6.45, 7) is 2.68. The fourth-order valence-electron chi connectivity index (χ4n) is 2.40. The summed E-state index contributed by atoms with van der Waals surface area (Å²) >= 11 is 1.26. The van der Waals surface area contributed by atoms with Crippen LogP contribution in [0.1, 0.15) is 17.7 Å². The Labute approximate surface area is 160 Å². The van der Waals surface area contributed by atoms with Crippen molar-refractivity contribution in [1.82, 2.24) is 25.1 Å². The van der Waals surface area contributed by atoms with Gasteiger partial charge in [0, 0.05) is 6.54 Å². The van der Waals surface area contributed by atoms with Gasteiger partial charge in [0.25, 0.3) is 0 Å². The Bertz CT molecular complexity index is 914. The zero-order valence-corrected chi connectivity index (χ0v) is 15.6. The molecule has 27 heavy (non-hydrogen) atoms. The maximum absolute atomic E-state index is 12.6. The minimum absolute atomic E-state index is 0.106. The van der Waals surface area contributed by atoms with E-state index in [9.17, 15) is 4.79 Å². The maximum atomic E-state index is 12.6. The Kier molecular flexibility index (Phi) is 6.22. The van der Waals surface area contributed by atoms with E-state index >= 15 is 0 Å². The van der Waals surface area contributed by atoms with Gasteiger partial charge in [-0.25, -0.2) is 0 Å². The van der Waals surface area contributed by atoms with Crippen molar-refractivity contribution in [3.63, 3.8) is 0 Å². The predicted molar refractivity (Wildman–Crippen MR) is 99.0 cm³/mol. The molecule has 0 radical (unpaired) electrons. The molecule has 0 spiro atoms. The number of hydrogen-bond donors (Lipinski definition) is 0. The first-order valence-electron chi connectivity index (χ1n) is 8.32.